The molecule has 11 rings (SSSR count). The highest BCUT2D eigenvalue weighted by Crippen LogP contribution is 2.54. The van der Waals surface area contributed by atoms with Gasteiger partial charge in [0.1, 0.15) is 5.52 Å². The van der Waals surface area contributed by atoms with Crippen LogP contribution in [-0.2, 0) is 6.42 Å². The summed E-state index contributed by atoms with van der Waals surface area (Å²) >= 11 is 0. The van der Waals surface area contributed by atoms with Gasteiger partial charge in [-0.1, -0.05) is 37.6 Å². The Balaban J connectivity index is 1.43. The summed E-state index contributed by atoms with van der Waals surface area (Å²) in [5.41, 5.74) is 7.38. The minimum atomic E-state index is -0.0618. The van der Waals surface area contributed by atoms with E-state index in [4.69, 9.17) is 9.97 Å². The Morgan fingerprint density at radius 1 is 0.574 bits per heavy atom. The van der Waals surface area contributed by atoms with Crippen molar-refractivity contribution in [3.05, 3.63) is 114 Å². The van der Waals surface area contributed by atoms with Crippen LogP contribution in [0.5, 0.6) is 0 Å². The van der Waals surface area contributed by atoms with Crippen molar-refractivity contribution >= 4 is 81.4 Å². The Kier molecular flexibility index (Phi) is 4.73. The number of pyridine rings is 3. The van der Waals surface area contributed by atoms with Crippen LogP contribution in [-0.4, -0.2) is 24.3 Å². The van der Waals surface area contributed by atoms with Crippen LogP contribution in [0.3, 0.4) is 0 Å². The van der Waals surface area contributed by atoms with Crippen molar-refractivity contribution in [2.75, 3.05) is 0 Å². The van der Waals surface area contributed by atoms with Gasteiger partial charge in [0.15, 0.2) is 11.3 Å². The maximum atomic E-state index is 14.9. The van der Waals surface area contributed by atoms with Gasteiger partial charge in [-0.25, -0.2) is 14.4 Å². The number of aromatic nitrogens is 5. The Bertz CT molecular complexity index is 3050. The second-order valence-corrected chi connectivity index (χ2v) is 12.8. The number of benzene rings is 5. The molecule has 0 unspecified atom stereocenters. The summed E-state index contributed by atoms with van der Waals surface area (Å²) in [5, 5.41) is 13.3. The second kappa shape index (κ2) is 8.83. The topological polar surface area (TPSA) is 73.0 Å². The van der Waals surface area contributed by atoms with E-state index in [1.807, 2.05) is 30.9 Å². The highest BCUT2D eigenvalue weighted by molar-refractivity contribution is 6.50. The van der Waals surface area contributed by atoms with Crippen LogP contribution in [0.15, 0.2) is 102 Å². The van der Waals surface area contributed by atoms with E-state index in [9.17, 15) is 4.79 Å². The van der Waals surface area contributed by atoms with Crippen LogP contribution in [0.1, 0.15) is 25.5 Å². The van der Waals surface area contributed by atoms with Crippen LogP contribution >= 0.6 is 0 Å². The fourth-order valence-corrected chi connectivity index (χ4v) is 8.39. The molecule has 47 heavy (non-hydrogen) atoms. The van der Waals surface area contributed by atoms with Gasteiger partial charge in [0.2, 0.25) is 0 Å². The number of fused-ring (bicyclic) bond motifs is 7. The molecule has 220 valence electrons. The largest absolute Gasteiger partial charge is 0.268 e. The number of unbranched alkanes of at least 4 members (excludes halogenated alkanes) is 1. The lowest BCUT2D eigenvalue weighted by atomic mass is 9.89. The molecule has 0 fully saturated rings. The molecule has 0 saturated heterocycles. The van der Waals surface area contributed by atoms with E-state index in [1.165, 1.54) is 37.7 Å². The highest BCUT2D eigenvalue weighted by atomic mass is 16.1. The van der Waals surface area contributed by atoms with Crippen molar-refractivity contribution in [3.63, 3.8) is 0 Å². The first-order valence-electron chi connectivity index (χ1n) is 16.2. The Morgan fingerprint density at radius 3 is 1.79 bits per heavy atom. The standard InChI is InChI=1S/C41H25N5O/c1-2-3-4-24-7-10-31-39(44-24)46-40(45-31)37-29-19-27(21-11-15-42-16-12-21)25-8-5-23-6-9-26-28(22-13-17-43-18-14-22)20-30(38(37)41(46)47)36-34(26)32(23)33(25)35(29)36/h5-20H,2-4H2,1H3. The zero-order chi connectivity index (χ0) is 31.0. The molecular weight excluding hydrogens is 578 g/mol. The van der Waals surface area contributed by atoms with Crippen molar-refractivity contribution in [3.8, 4) is 22.3 Å². The van der Waals surface area contributed by atoms with Gasteiger partial charge in [-0.2, -0.15) is 0 Å². The van der Waals surface area contributed by atoms with Gasteiger partial charge in [-0.15, -0.1) is 0 Å². The molecule has 0 radical (unpaired) electrons. The zero-order valence-electron chi connectivity index (χ0n) is 25.5. The number of hydrogen-bond donors (Lipinski definition) is 0. The van der Waals surface area contributed by atoms with E-state index in [-0.39, 0.29) is 5.56 Å². The van der Waals surface area contributed by atoms with Crippen molar-refractivity contribution in [2.45, 2.75) is 26.2 Å². The predicted molar refractivity (Wildman–Crippen MR) is 192 cm³/mol. The highest BCUT2D eigenvalue weighted by Gasteiger charge is 2.29. The maximum Gasteiger partial charge on any atom is 0.266 e. The van der Waals surface area contributed by atoms with E-state index < -0.39 is 0 Å². The molecule has 0 aliphatic rings. The molecule has 0 bridgehead atoms. The summed E-state index contributed by atoms with van der Waals surface area (Å²) in [5.74, 6) is 0. The monoisotopic (exact) mass is 603 g/mol. The summed E-state index contributed by atoms with van der Waals surface area (Å²) in [4.78, 5) is 33.7. The lowest BCUT2D eigenvalue weighted by Gasteiger charge is -2.13. The van der Waals surface area contributed by atoms with Crippen molar-refractivity contribution in [2.24, 2.45) is 0 Å². The van der Waals surface area contributed by atoms with Crippen LogP contribution in [0.25, 0.3) is 104 Å². The normalized spacial score (nSPS) is 12.7. The van der Waals surface area contributed by atoms with E-state index in [0.29, 0.717) is 16.7 Å². The van der Waals surface area contributed by atoms with Crippen molar-refractivity contribution in [1.82, 2.24) is 24.3 Å². The predicted octanol–water partition coefficient (Wildman–Crippen LogP) is 9.38. The molecule has 0 aliphatic carbocycles. The lowest BCUT2D eigenvalue weighted by Crippen LogP contribution is -2.07. The Labute approximate surface area is 267 Å². The molecule has 0 N–H and O–H groups in total. The number of hydrogen-bond acceptors (Lipinski definition) is 5. The molecule has 6 heteroatoms. The van der Waals surface area contributed by atoms with E-state index in [0.717, 1.165) is 74.3 Å². The van der Waals surface area contributed by atoms with Gasteiger partial charge in [0.25, 0.3) is 5.56 Å². The van der Waals surface area contributed by atoms with Crippen LogP contribution in [0, 0.1) is 0 Å². The maximum absolute atomic E-state index is 14.9. The van der Waals surface area contributed by atoms with Gasteiger partial charge in [-0.05, 0) is 137 Å². The van der Waals surface area contributed by atoms with Crippen LogP contribution in [0.4, 0.5) is 0 Å². The zero-order valence-corrected chi connectivity index (χ0v) is 25.5. The van der Waals surface area contributed by atoms with E-state index in [2.05, 4.69) is 83.6 Å². The first-order chi connectivity index (χ1) is 23.2. The van der Waals surface area contributed by atoms with Crippen molar-refractivity contribution < 1.29 is 0 Å². The third-order valence-corrected chi connectivity index (χ3v) is 10.4. The molecule has 0 atom stereocenters. The molecule has 0 aliphatic heterocycles. The van der Waals surface area contributed by atoms with Gasteiger partial charge in [-0.3, -0.25) is 14.8 Å². The van der Waals surface area contributed by atoms with E-state index >= 15 is 0 Å². The molecule has 0 spiro atoms. The minimum Gasteiger partial charge on any atom is -0.268 e. The van der Waals surface area contributed by atoms with Gasteiger partial charge >= 0.3 is 0 Å². The number of aryl methyl sites for hydroxylation is 1. The summed E-state index contributed by atoms with van der Waals surface area (Å²) in [7, 11) is 0. The fourth-order valence-electron chi connectivity index (χ4n) is 8.39. The fraction of sp³-hybridized carbons (Fsp3) is 0.0976. The van der Waals surface area contributed by atoms with E-state index in [1.54, 1.807) is 4.40 Å². The van der Waals surface area contributed by atoms with Crippen molar-refractivity contribution in [1.29, 1.82) is 0 Å². The smallest absolute Gasteiger partial charge is 0.266 e. The summed E-state index contributed by atoms with van der Waals surface area (Å²) in [6.07, 6.45) is 10.4. The molecular formula is C41H25N5O. The second-order valence-electron chi connectivity index (χ2n) is 12.8. The van der Waals surface area contributed by atoms with Gasteiger partial charge in [0.05, 0.1) is 5.39 Å². The summed E-state index contributed by atoms with van der Waals surface area (Å²) < 4.78 is 1.77. The summed E-state index contributed by atoms with van der Waals surface area (Å²) in [6, 6.07) is 25.8. The third-order valence-electron chi connectivity index (χ3n) is 10.4. The summed E-state index contributed by atoms with van der Waals surface area (Å²) in [6.45, 7) is 2.18. The molecule has 0 saturated carbocycles. The van der Waals surface area contributed by atoms with Crippen LogP contribution < -0.4 is 5.56 Å². The molecule has 11 aromatic rings. The van der Waals surface area contributed by atoms with Gasteiger partial charge < -0.3 is 0 Å². The number of rotatable bonds is 5. The lowest BCUT2D eigenvalue weighted by molar-refractivity contribution is 0.778. The first-order valence-corrected chi connectivity index (χ1v) is 16.2. The SMILES string of the molecule is CCCCc1ccc2nc3c4c5cc(-c6ccncc6)c6ccc7ccc8c(-c9ccncc9)cc(c4c(=O)n3c2n1)c1c8c7c6c51. The average molecular weight is 604 g/mol. The molecule has 6 aromatic carbocycles. The Morgan fingerprint density at radius 2 is 1.17 bits per heavy atom. The number of nitrogens with zero attached hydrogens (tertiary/aromatic N) is 5. The minimum absolute atomic E-state index is 0.0618. The quantitative estimate of drug-likeness (QED) is 0.183. The molecule has 5 aromatic heterocycles. The molecule has 5 heterocycles. The van der Waals surface area contributed by atoms with Crippen LogP contribution in [0.2, 0.25) is 0 Å². The Hall–Kier alpha value is -6.01. The van der Waals surface area contributed by atoms with Gasteiger partial charge in [0, 0.05) is 35.9 Å². The molecule has 6 nitrogen and oxygen atoms in total. The average Bonchev–Trinajstić information content (AvgIpc) is 3.77. The first kappa shape index (κ1) is 25.2. The molecule has 0 amide bonds. The number of imidazole rings is 1. The third kappa shape index (κ3) is 3.08.